The van der Waals surface area contributed by atoms with Gasteiger partial charge in [-0.3, -0.25) is 0 Å². The zero-order valence-electron chi connectivity index (χ0n) is 13.0. The Balaban J connectivity index is 2.10. The Bertz CT molecular complexity index is 593. The molecule has 0 bridgehead atoms. The van der Waals surface area contributed by atoms with Crippen molar-refractivity contribution in [2.75, 3.05) is 7.11 Å². The number of aliphatic hydroxyl groups is 1. The molecule has 0 fully saturated rings. The maximum Gasteiger partial charge on any atom is 0.229 e. The summed E-state index contributed by atoms with van der Waals surface area (Å²) in [5, 5.41) is 13.9. The van der Waals surface area contributed by atoms with Gasteiger partial charge in [0.05, 0.1) is 19.6 Å². The molecule has 1 aromatic carbocycles. The molecule has 1 aromatic heterocycles. The first-order valence-electron chi connectivity index (χ1n) is 7.15. The largest absolute Gasteiger partial charge is 0.496 e. The van der Waals surface area contributed by atoms with Crippen molar-refractivity contribution in [2.24, 2.45) is 5.92 Å². The van der Waals surface area contributed by atoms with Gasteiger partial charge in [-0.1, -0.05) is 19.0 Å². The Morgan fingerprint density at radius 3 is 2.71 bits per heavy atom. The smallest absolute Gasteiger partial charge is 0.229 e. The number of benzene rings is 1. The van der Waals surface area contributed by atoms with E-state index in [2.05, 4.69) is 24.0 Å². The lowest BCUT2D eigenvalue weighted by molar-refractivity contribution is 0.138. The third-order valence-electron chi connectivity index (χ3n) is 3.27. The highest BCUT2D eigenvalue weighted by molar-refractivity contribution is 5.58. The van der Waals surface area contributed by atoms with E-state index >= 15 is 0 Å². The fraction of sp³-hybridized carbons (Fsp3) is 0.500. The molecule has 1 heterocycles. The van der Waals surface area contributed by atoms with Gasteiger partial charge < -0.3 is 14.4 Å². The molecular weight excluding hydrogens is 268 g/mol. The van der Waals surface area contributed by atoms with Crippen LogP contribution in [0.2, 0.25) is 0 Å². The normalized spacial score (nSPS) is 12.7. The first kappa shape index (κ1) is 15.5. The second kappa shape index (κ2) is 6.72. The van der Waals surface area contributed by atoms with Crippen molar-refractivity contribution in [2.45, 2.75) is 39.7 Å². The number of hydrogen-bond donors (Lipinski definition) is 1. The molecule has 0 aliphatic carbocycles. The molecule has 5 nitrogen and oxygen atoms in total. The lowest BCUT2D eigenvalue weighted by Crippen LogP contribution is -2.13. The van der Waals surface area contributed by atoms with Crippen molar-refractivity contribution in [3.05, 3.63) is 29.7 Å². The highest BCUT2D eigenvalue weighted by Gasteiger charge is 2.15. The van der Waals surface area contributed by atoms with Crippen LogP contribution < -0.4 is 4.74 Å². The molecule has 0 saturated carbocycles. The lowest BCUT2D eigenvalue weighted by atomic mass is 10.0. The second-order valence-electron chi connectivity index (χ2n) is 5.68. The van der Waals surface area contributed by atoms with Crippen LogP contribution in [0, 0.1) is 12.8 Å². The summed E-state index contributed by atoms with van der Waals surface area (Å²) in [5.74, 6) is 2.26. The summed E-state index contributed by atoms with van der Waals surface area (Å²) in [6, 6.07) is 5.73. The van der Waals surface area contributed by atoms with E-state index in [9.17, 15) is 5.11 Å². The van der Waals surface area contributed by atoms with E-state index in [1.807, 2.05) is 25.1 Å². The molecule has 0 radical (unpaired) electrons. The van der Waals surface area contributed by atoms with Crippen LogP contribution in [0.1, 0.15) is 31.7 Å². The van der Waals surface area contributed by atoms with Gasteiger partial charge in [-0.05, 0) is 43.0 Å². The highest BCUT2D eigenvalue weighted by Crippen LogP contribution is 2.24. The Morgan fingerprint density at radius 1 is 1.33 bits per heavy atom. The van der Waals surface area contributed by atoms with Gasteiger partial charge in [0.15, 0.2) is 0 Å². The number of methoxy groups -OCH3 is 1. The fourth-order valence-corrected chi connectivity index (χ4v) is 2.30. The molecule has 0 aliphatic rings. The van der Waals surface area contributed by atoms with E-state index in [0.717, 1.165) is 23.3 Å². The first-order chi connectivity index (χ1) is 9.99. The molecule has 1 unspecified atom stereocenters. The van der Waals surface area contributed by atoms with Gasteiger partial charge in [-0.25, -0.2) is 0 Å². The monoisotopic (exact) mass is 290 g/mol. The quantitative estimate of drug-likeness (QED) is 0.885. The molecule has 2 rings (SSSR count). The van der Waals surface area contributed by atoms with Crippen LogP contribution in [-0.4, -0.2) is 28.5 Å². The maximum absolute atomic E-state index is 9.92. The van der Waals surface area contributed by atoms with Crippen molar-refractivity contribution in [1.82, 2.24) is 10.1 Å². The lowest BCUT2D eigenvalue weighted by Gasteiger charge is -2.09. The van der Waals surface area contributed by atoms with Gasteiger partial charge in [0.25, 0.3) is 0 Å². The summed E-state index contributed by atoms with van der Waals surface area (Å²) in [6.45, 7) is 6.11. The summed E-state index contributed by atoms with van der Waals surface area (Å²) >= 11 is 0. The van der Waals surface area contributed by atoms with Crippen molar-refractivity contribution < 1.29 is 14.4 Å². The topological polar surface area (TPSA) is 68.4 Å². The van der Waals surface area contributed by atoms with Crippen LogP contribution in [0.25, 0.3) is 11.4 Å². The fourth-order valence-electron chi connectivity index (χ4n) is 2.30. The number of hydrogen-bond acceptors (Lipinski definition) is 5. The van der Waals surface area contributed by atoms with Gasteiger partial charge in [0.2, 0.25) is 11.7 Å². The number of rotatable bonds is 6. The predicted octanol–water partition coefficient (Wildman–Crippen LogP) is 3.00. The van der Waals surface area contributed by atoms with Crippen molar-refractivity contribution in [3.63, 3.8) is 0 Å². The Kier molecular flexibility index (Phi) is 4.96. The van der Waals surface area contributed by atoms with E-state index in [4.69, 9.17) is 9.26 Å². The molecule has 2 aromatic rings. The molecule has 21 heavy (non-hydrogen) atoms. The van der Waals surface area contributed by atoms with Crippen molar-refractivity contribution in [3.8, 4) is 17.1 Å². The number of nitrogens with zero attached hydrogens (tertiary/aromatic N) is 2. The number of aromatic nitrogens is 2. The highest BCUT2D eigenvalue weighted by atomic mass is 16.5. The minimum absolute atomic E-state index is 0.389. The van der Waals surface area contributed by atoms with Crippen LogP contribution in [0.3, 0.4) is 0 Å². The maximum atomic E-state index is 9.92. The standard InChI is InChI=1S/C16H22N2O3/c1-10(2)7-13(19)9-15-17-16(18-21-15)12-5-6-14(20-4)11(3)8-12/h5-6,8,10,13,19H,7,9H2,1-4H3. The van der Waals surface area contributed by atoms with Gasteiger partial charge in [0.1, 0.15) is 5.75 Å². The van der Waals surface area contributed by atoms with Gasteiger partial charge in [-0.15, -0.1) is 0 Å². The van der Waals surface area contributed by atoms with Crippen molar-refractivity contribution >= 4 is 0 Å². The molecule has 0 spiro atoms. The zero-order chi connectivity index (χ0) is 15.4. The molecule has 0 saturated heterocycles. The van der Waals surface area contributed by atoms with E-state index in [0.29, 0.717) is 24.1 Å². The van der Waals surface area contributed by atoms with Crippen LogP contribution in [-0.2, 0) is 6.42 Å². The number of aliphatic hydroxyl groups excluding tert-OH is 1. The van der Waals surface area contributed by atoms with Crippen LogP contribution in [0.4, 0.5) is 0 Å². The van der Waals surface area contributed by atoms with Crippen LogP contribution in [0.5, 0.6) is 5.75 Å². The summed E-state index contributed by atoms with van der Waals surface area (Å²) in [4.78, 5) is 4.35. The van der Waals surface area contributed by atoms with Crippen LogP contribution in [0.15, 0.2) is 22.7 Å². The Labute approximate surface area is 125 Å². The van der Waals surface area contributed by atoms with E-state index in [1.165, 1.54) is 0 Å². The predicted molar refractivity (Wildman–Crippen MR) is 80.2 cm³/mol. The van der Waals surface area contributed by atoms with E-state index in [1.54, 1.807) is 7.11 Å². The summed E-state index contributed by atoms with van der Waals surface area (Å²) in [5.41, 5.74) is 1.89. The second-order valence-corrected chi connectivity index (χ2v) is 5.68. The molecule has 0 amide bonds. The SMILES string of the molecule is COc1ccc(-c2noc(CC(O)CC(C)C)n2)cc1C. The van der Waals surface area contributed by atoms with E-state index < -0.39 is 6.10 Å². The average molecular weight is 290 g/mol. The minimum Gasteiger partial charge on any atom is -0.496 e. The van der Waals surface area contributed by atoms with Gasteiger partial charge in [0, 0.05) is 5.56 Å². The third-order valence-corrected chi connectivity index (χ3v) is 3.27. The summed E-state index contributed by atoms with van der Waals surface area (Å²) in [7, 11) is 1.64. The molecule has 114 valence electrons. The Morgan fingerprint density at radius 2 is 2.10 bits per heavy atom. The number of aryl methyl sites for hydroxylation is 1. The summed E-state index contributed by atoms with van der Waals surface area (Å²) < 4.78 is 10.4. The van der Waals surface area contributed by atoms with Crippen LogP contribution >= 0.6 is 0 Å². The molecule has 5 heteroatoms. The Hall–Kier alpha value is -1.88. The molecular formula is C16H22N2O3. The first-order valence-corrected chi connectivity index (χ1v) is 7.15. The molecule has 1 N–H and O–H groups in total. The zero-order valence-corrected chi connectivity index (χ0v) is 13.0. The van der Waals surface area contributed by atoms with Crippen molar-refractivity contribution in [1.29, 1.82) is 0 Å². The molecule has 1 atom stereocenters. The minimum atomic E-state index is -0.448. The third kappa shape index (κ3) is 4.04. The summed E-state index contributed by atoms with van der Waals surface area (Å²) in [6.07, 6.45) is 0.663. The average Bonchev–Trinajstić information content (AvgIpc) is 2.86. The van der Waals surface area contributed by atoms with E-state index in [-0.39, 0.29) is 0 Å². The van der Waals surface area contributed by atoms with Gasteiger partial charge >= 0.3 is 0 Å². The molecule has 0 aliphatic heterocycles. The van der Waals surface area contributed by atoms with Gasteiger partial charge in [-0.2, -0.15) is 4.98 Å². The number of ether oxygens (including phenoxy) is 1.